The minimum Gasteiger partial charge on any atom is -0.490 e. The van der Waals surface area contributed by atoms with Crippen LogP contribution in [0.3, 0.4) is 0 Å². The minimum atomic E-state index is -0.307. The summed E-state index contributed by atoms with van der Waals surface area (Å²) in [4.78, 5) is 16.9. The Bertz CT molecular complexity index is 1050. The predicted molar refractivity (Wildman–Crippen MR) is 116 cm³/mol. The van der Waals surface area contributed by atoms with Crippen LogP contribution >= 0.6 is 0 Å². The van der Waals surface area contributed by atoms with Gasteiger partial charge in [-0.15, -0.1) is 10.2 Å². The molecule has 3 aromatic rings. The van der Waals surface area contributed by atoms with Crippen LogP contribution in [0.2, 0.25) is 0 Å². The van der Waals surface area contributed by atoms with Crippen molar-refractivity contribution < 1.29 is 14.6 Å². The van der Waals surface area contributed by atoms with E-state index in [9.17, 15) is 9.90 Å². The van der Waals surface area contributed by atoms with E-state index in [0.717, 1.165) is 30.7 Å². The van der Waals surface area contributed by atoms with Crippen LogP contribution in [0.4, 0.5) is 5.69 Å². The summed E-state index contributed by atoms with van der Waals surface area (Å²) >= 11 is 0. The summed E-state index contributed by atoms with van der Waals surface area (Å²) in [5.74, 6) is 1.43. The lowest BCUT2D eigenvalue weighted by atomic mass is 9.97. The van der Waals surface area contributed by atoms with Gasteiger partial charge in [-0.25, -0.2) is 0 Å². The predicted octanol–water partition coefficient (Wildman–Crippen LogP) is 3.10. The van der Waals surface area contributed by atoms with Gasteiger partial charge in [0.05, 0.1) is 6.10 Å². The van der Waals surface area contributed by atoms with Crippen molar-refractivity contribution in [2.45, 2.75) is 50.7 Å². The van der Waals surface area contributed by atoms with Crippen LogP contribution in [-0.4, -0.2) is 43.0 Å². The van der Waals surface area contributed by atoms with Gasteiger partial charge >= 0.3 is 0 Å². The molecule has 0 saturated heterocycles. The molecule has 3 atom stereocenters. The molecule has 0 radical (unpaired) electrons. The first-order valence-corrected chi connectivity index (χ1v) is 10.5. The zero-order valence-electron chi connectivity index (χ0n) is 17.7. The quantitative estimate of drug-likeness (QED) is 0.608. The SMILES string of the molecule is C[C@H](Cc1nncn1C)c1cccc(NC(=O)c2cc(OC3CCC(O)C3)ccn2)c1. The number of amides is 1. The monoisotopic (exact) mass is 421 g/mol. The van der Waals surface area contributed by atoms with Crippen LogP contribution in [-0.2, 0) is 13.5 Å². The minimum absolute atomic E-state index is 0.0274. The summed E-state index contributed by atoms with van der Waals surface area (Å²) in [5, 5.41) is 20.7. The molecule has 0 spiro atoms. The number of hydrogen-bond donors (Lipinski definition) is 2. The van der Waals surface area contributed by atoms with Gasteiger partial charge in [0.15, 0.2) is 0 Å². The maximum Gasteiger partial charge on any atom is 0.274 e. The summed E-state index contributed by atoms with van der Waals surface area (Å²) in [6, 6.07) is 11.2. The second-order valence-corrected chi connectivity index (χ2v) is 8.13. The molecule has 2 aromatic heterocycles. The molecule has 31 heavy (non-hydrogen) atoms. The maximum atomic E-state index is 12.7. The number of aliphatic hydroxyl groups excluding tert-OH is 1. The Balaban J connectivity index is 1.41. The topological polar surface area (TPSA) is 102 Å². The van der Waals surface area contributed by atoms with Crippen molar-refractivity contribution in [1.82, 2.24) is 19.7 Å². The molecule has 8 heteroatoms. The van der Waals surface area contributed by atoms with E-state index >= 15 is 0 Å². The van der Waals surface area contributed by atoms with Crippen molar-refractivity contribution in [3.05, 3.63) is 66.0 Å². The van der Waals surface area contributed by atoms with E-state index in [-0.39, 0.29) is 29.7 Å². The molecule has 1 aromatic carbocycles. The largest absolute Gasteiger partial charge is 0.490 e. The number of carbonyl (C=O) groups is 1. The molecule has 4 rings (SSSR count). The number of anilines is 1. The lowest BCUT2D eigenvalue weighted by molar-refractivity contribution is 0.102. The average molecular weight is 422 g/mol. The van der Waals surface area contributed by atoms with E-state index < -0.39 is 0 Å². The van der Waals surface area contributed by atoms with Gasteiger partial charge in [0, 0.05) is 37.8 Å². The van der Waals surface area contributed by atoms with Crippen LogP contribution in [0, 0.1) is 0 Å². The van der Waals surface area contributed by atoms with Crippen molar-refractivity contribution in [3.8, 4) is 5.75 Å². The lowest BCUT2D eigenvalue weighted by Crippen LogP contribution is -2.16. The van der Waals surface area contributed by atoms with E-state index in [4.69, 9.17) is 4.74 Å². The molecule has 2 heterocycles. The summed E-state index contributed by atoms with van der Waals surface area (Å²) in [7, 11) is 1.93. The molecule has 2 N–H and O–H groups in total. The summed E-state index contributed by atoms with van der Waals surface area (Å²) in [6.45, 7) is 2.12. The van der Waals surface area contributed by atoms with Gasteiger partial charge in [-0.2, -0.15) is 0 Å². The number of aliphatic hydroxyl groups is 1. The van der Waals surface area contributed by atoms with Gasteiger partial charge in [-0.05, 0) is 42.5 Å². The van der Waals surface area contributed by atoms with E-state index in [0.29, 0.717) is 17.9 Å². The van der Waals surface area contributed by atoms with E-state index in [2.05, 4.69) is 27.4 Å². The van der Waals surface area contributed by atoms with Gasteiger partial charge < -0.3 is 19.7 Å². The molecule has 1 saturated carbocycles. The van der Waals surface area contributed by atoms with Crippen LogP contribution < -0.4 is 10.1 Å². The highest BCUT2D eigenvalue weighted by atomic mass is 16.5. The highest BCUT2D eigenvalue weighted by Gasteiger charge is 2.24. The Morgan fingerprint density at radius 3 is 2.94 bits per heavy atom. The Morgan fingerprint density at radius 1 is 1.32 bits per heavy atom. The first-order valence-electron chi connectivity index (χ1n) is 10.5. The fraction of sp³-hybridized carbons (Fsp3) is 0.391. The number of carbonyl (C=O) groups excluding carboxylic acids is 1. The molecule has 1 aliphatic rings. The molecule has 1 aliphatic carbocycles. The molecule has 0 bridgehead atoms. The highest BCUT2D eigenvalue weighted by molar-refractivity contribution is 6.03. The van der Waals surface area contributed by atoms with E-state index in [1.54, 1.807) is 24.7 Å². The third-order valence-corrected chi connectivity index (χ3v) is 5.63. The molecule has 162 valence electrons. The number of nitrogens with one attached hydrogen (secondary N) is 1. The molecule has 0 aliphatic heterocycles. The first-order chi connectivity index (χ1) is 15.0. The number of hydrogen-bond acceptors (Lipinski definition) is 6. The van der Waals surface area contributed by atoms with Gasteiger partial charge in [-0.3, -0.25) is 9.78 Å². The average Bonchev–Trinajstić information content (AvgIpc) is 3.36. The third-order valence-electron chi connectivity index (χ3n) is 5.63. The molecular formula is C23H27N5O3. The lowest BCUT2D eigenvalue weighted by Gasteiger charge is -2.14. The normalized spacial score (nSPS) is 19.2. The maximum absolute atomic E-state index is 12.7. The summed E-state index contributed by atoms with van der Waals surface area (Å²) < 4.78 is 7.82. The molecule has 1 fully saturated rings. The summed E-state index contributed by atoms with van der Waals surface area (Å²) in [6.07, 6.45) is 5.85. The fourth-order valence-corrected chi connectivity index (χ4v) is 3.83. The Hall–Kier alpha value is -3.26. The van der Waals surface area contributed by atoms with Gasteiger partial charge in [-0.1, -0.05) is 19.1 Å². The van der Waals surface area contributed by atoms with Crippen molar-refractivity contribution in [1.29, 1.82) is 0 Å². The van der Waals surface area contributed by atoms with Crippen molar-refractivity contribution in [3.63, 3.8) is 0 Å². The molecule has 1 amide bonds. The highest BCUT2D eigenvalue weighted by Crippen LogP contribution is 2.25. The number of nitrogens with zero attached hydrogens (tertiary/aromatic N) is 4. The smallest absolute Gasteiger partial charge is 0.274 e. The summed E-state index contributed by atoms with van der Waals surface area (Å²) in [5.41, 5.74) is 2.10. The number of rotatable bonds is 7. The van der Waals surface area contributed by atoms with E-state index in [1.807, 2.05) is 35.9 Å². The van der Waals surface area contributed by atoms with Gasteiger partial charge in [0.25, 0.3) is 5.91 Å². The first kappa shape index (κ1) is 21.0. The Labute approximate surface area is 181 Å². The van der Waals surface area contributed by atoms with Crippen molar-refractivity contribution in [2.24, 2.45) is 7.05 Å². The van der Waals surface area contributed by atoms with Gasteiger partial charge in [0.1, 0.15) is 29.7 Å². The molecule has 2 unspecified atom stereocenters. The third kappa shape index (κ3) is 5.27. The standard InChI is InChI=1S/C23H27N5O3/c1-15(10-22-27-25-14-28(22)2)16-4-3-5-17(11-16)26-23(30)21-13-20(8-9-24-21)31-19-7-6-18(29)12-19/h3-5,8-9,11,13-15,18-19,29H,6-7,10,12H2,1-2H3,(H,26,30)/t15-,18?,19?/m1/s1. The van der Waals surface area contributed by atoms with Crippen molar-refractivity contribution >= 4 is 11.6 Å². The second kappa shape index (κ2) is 9.26. The zero-order valence-corrected chi connectivity index (χ0v) is 17.7. The van der Waals surface area contributed by atoms with Crippen LogP contribution in [0.25, 0.3) is 0 Å². The Kier molecular flexibility index (Phi) is 6.27. The Morgan fingerprint density at radius 2 is 2.19 bits per heavy atom. The number of aryl methyl sites for hydroxylation is 1. The van der Waals surface area contributed by atoms with E-state index in [1.165, 1.54) is 0 Å². The van der Waals surface area contributed by atoms with Crippen LogP contribution in [0.1, 0.15) is 54.0 Å². The zero-order chi connectivity index (χ0) is 21.8. The number of pyridine rings is 1. The number of ether oxygens (including phenoxy) is 1. The van der Waals surface area contributed by atoms with Gasteiger partial charge in [0.2, 0.25) is 0 Å². The molecular weight excluding hydrogens is 394 g/mol. The number of benzene rings is 1. The fourth-order valence-electron chi connectivity index (χ4n) is 3.83. The van der Waals surface area contributed by atoms with Crippen LogP contribution in [0.15, 0.2) is 48.9 Å². The van der Waals surface area contributed by atoms with Crippen LogP contribution in [0.5, 0.6) is 5.75 Å². The molecule has 8 nitrogen and oxygen atoms in total. The second-order valence-electron chi connectivity index (χ2n) is 8.13. The number of aromatic nitrogens is 4. The van der Waals surface area contributed by atoms with Crippen molar-refractivity contribution in [2.75, 3.05) is 5.32 Å².